The van der Waals surface area contributed by atoms with Crippen molar-refractivity contribution in [1.82, 2.24) is 0 Å². The number of methoxy groups -OCH3 is 1. The summed E-state index contributed by atoms with van der Waals surface area (Å²) in [5.41, 5.74) is 0.716. The molecule has 1 rings (SSSR count). The zero-order valence-corrected chi connectivity index (χ0v) is 11.8. The topological polar surface area (TPSA) is 58.6 Å². The molecule has 0 saturated carbocycles. The molecule has 0 aliphatic carbocycles. The van der Waals surface area contributed by atoms with Gasteiger partial charge in [0.05, 0.1) is 19.1 Å². The van der Waals surface area contributed by atoms with Crippen LogP contribution in [-0.2, 0) is 4.79 Å². The maximum atomic E-state index is 12.1. The van der Waals surface area contributed by atoms with Crippen molar-refractivity contribution in [2.75, 3.05) is 12.4 Å². The van der Waals surface area contributed by atoms with Crippen molar-refractivity contribution in [2.45, 2.75) is 39.2 Å². The van der Waals surface area contributed by atoms with E-state index in [1.807, 2.05) is 13.8 Å². The molecule has 0 radical (unpaired) electrons. The summed E-state index contributed by atoms with van der Waals surface area (Å²) < 4.78 is 5.06. The lowest BCUT2D eigenvalue weighted by Crippen LogP contribution is -2.32. The van der Waals surface area contributed by atoms with Gasteiger partial charge in [0.1, 0.15) is 5.75 Å². The molecule has 0 spiro atoms. The standard InChI is InChI=1S/C15H23NO3/c1-4-6-14(17)13(5-2)15(18)16-11-7-9-12(19-3)10-8-11/h7-10,13-14,17H,4-6H2,1-3H3,(H,16,18)/t13-,14-/m0/s1. The molecule has 0 saturated heterocycles. The van der Waals surface area contributed by atoms with Crippen LogP contribution in [0, 0.1) is 5.92 Å². The molecule has 0 unspecified atom stereocenters. The maximum Gasteiger partial charge on any atom is 0.230 e. The van der Waals surface area contributed by atoms with Gasteiger partial charge in [0.2, 0.25) is 5.91 Å². The first-order valence-corrected chi connectivity index (χ1v) is 6.75. The molecule has 1 aromatic rings. The molecule has 0 aliphatic heterocycles. The van der Waals surface area contributed by atoms with Crippen LogP contribution in [0.1, 0.15) is 33.1 Å². The normalized spacial score (nSPS) is 13.7. The molecule has 1 aromatic carbocycles. The number of anilines is 1. The Morgan fingerprint density at radius 3 is 2.42 bits per heavy atom. The highest BCUT2D eigenvalue weighted by Crippen LogP contribution is 2.19. The van der Waals surface area contributed by atoms with E-state index in [1.165, 1.54) is 0 Å². The number of amides is 1. The molecule has 0 aromatic heterocycles. The zero-order chi connectivity index (χ0) is 14.3. The Kier molecular flexibility index (Phi) is 6.36. The first-order chi connectivity index (χ1) is 9.12. The molecule has 0 heterocycles. The first kappa shape index (κ1) is 15.5. The van der Waals surface area contributed by atoms with Crippen molar-refractivity contribution in [3.05, 3.63) is 24.3 Å². The number of carbonyl (C=O) groups excluding carboxylic acids is 1. The van der Waals surface area contributed by atoms with Crippen LogP contribution in [0.25, 0.3) is 0 Å². The molecule has 19 heavy (non-hydrogen) atoms. The molecule has 0 fully saturated rings. The molecule has 2 N–H and O–H groups in total. The first-order valence-electron chi connectivity index (χ1n) is 6.75. The van der Waals surface area contributed by atoms with Crippen molar-refractivity contribution < 1.29 is 14.6 Å². The molecule has 4 heteroatoms. The molecule has 0 bridgehead atoms. The summed E-state index contributed by atoms with van der Waals surface area (Å²) in [6.45, 7) is 3.91. The largest absolute Gasteiger partial charge is 0.497 e. The Balaban J connectivity index is 2.65. The minimum Gasteiger partial charge on any atom is -0.497 e. The lowest BCUT2D eigenvalue weighted by Gasteiger charge is -2.20. The van der Waals surface area contributed by atoms with Gasteiger partial charge in [0.25, 0.3) is 0 Å². The van der Waals surface area contributed by atoms with Crippen LogP contribution in [0.4, 0.5) is 5.69 Å². The van der Waals surface area contributed by atoms with Crippen molar-refractivity contribution in [3.8, 4) is 5.75 Å². The van der Waals surface area contributed by atoms with Gasteiger partial charge in [0, 0.05) is 5.69 Å². The van der Waals surface area contributed by atoms with E-state index in [0.717, 1.165) is 12.2 Å². The molecular formula is C15H23NO3. The fourth-order valence-electron chi connectivity index (χ4n) is 2.04. The van der Waals surface area contributed by atoms with Crippen LogP contribution in [-0.4, -0.2) is 24.2 Å². The minimum absolute atomic E-state index is 0.131. The number of aliphatic hydroxyl groups is 1. The van der Waals surface area contributed by atoms with Crippen LogP contribution in [0.15, 0.2) is 24.3 Å². The number of rotatable bonds is 7. The van der Waals surface area contributed by atoms with Crippen molar-refractivity contribution >= 4 is 11.6 Å². The lowest BCUT2D eigenvalue weighted by atomic mass is 9.95. The summed E-state index contributed by atoms with van der Waals surface area (Å²) in [5, 5.41) is 12.8. The molecule has 106 valence electrons. The van der Waals surface area contributed by atoms with Gasteiger partial charge in [-0.05, 0) is 37.1 Å². The highest BCUT2D eigenvalue weighted by molar-refractivity contribution is 5.92. The van der Waals surface area contributed by atoms with Gasteiger partial charge in [-0.2, -0.15) is 0 Å². The Bertz CT molecular complexity index is 389. The van der Waals surface area contributed by atoms with Crippen LogP contribution in [0.5, 0.6) is 5.75 Å². The Morgan fingerprint density at radius 1 is 1.32 bits per heavy atom. The van der Waals surface area contributed by atoms with E-state index >= 15 is 0 Å². The summed E-state index contributed by atoms with van der Waals surface area (Å²) in [7, 11) is 1.60. The average Bonchev–Trinajstić information content (AvgIpc) is 2.40. The van der Waals surface area contributed by atoms with E-state index in [1.54, 1.807) is 31.4 Å². The second kappa shape index (κ2) is 7.79. The second-order valence-corrected chi connectivity index (χ2v) is 4.59. The predicted octanol–water partition coefficient (Wildman–Crippen LogP) is 2.82. The van der Waals surface area contributed by atoms with Gasteiger partial charge in [-0.15, -0.1) is 0 Å². The summed E-state index contributed by atoms with van der Waals surface area (Å²) in [6, 6.07) is 7.16. The van der Waals surface area contributed by atoms with Crippen LogP contribution in [0.2, 0.25) is 0 Å². The van der Waals surface area contributed by atoms with Crippen LogP contribution >= 0.6 is 0 Å². The molecule has 2 atom stereocenters. The second-order valence-electron chi connectivity index (χ2n) is 4.59. The smallest absolute Gasteiger partial charge is 0.230 e. The molecule has 4 nitrogen and oxygen atoms in total. The van der Waals surface area contributed by atoms with E-state index in [2.05, 4.69) is 5.32 Å². The quantitative estimate of drug-likeness (QED) is 0.797. The number of nitrogens with one attached hydrogen (secondary N) is 1. The van der Waals surface area contributed by atoms with Crippen LogP contribution < -0.4 is 10.1 Å². The number of hydrogen-bond donors (Lipinski definition) is 2. The van der Waals surface area contributed by atoms with Crippen molar-refractivity contribution in [1.29, 1.82) is 0 Å². The number of aliphatic hydroxyl groups excluding tert-OH is 1. The van der Waals surface area contributed by atoms with E-state index in [-0.39, 0.29) is 11.8 Å². The monoisotopic (exact) mass is 265 g/mol. The highest BCUT2D eigenvalue weighted by atomic mass is 16.5. The minimum atomic E-state index is -0.576. The third-order valence-corrected chi connectivity index (χ3v) is 3.18. The summed E-state index contributed by atoms with van der Waals surface area (Å²) in [5.74, 6) is 0.256. The van der Waals surface area contributed by atoms with Gasteiger partial charge >= 0.3 is 0 Å². The fraction of sp³-hybridized carbons (Fsp3) is 0.533. The van der Waals surface area contributed by atoms with E-state index in [4.69, 9.17) is 4.74 Å². The third kappa shape index (κ3) is 4.56. The SMILES string of the molecule is CCC[C@H](O)[C@H](CC)C(=O)Nc1ccc(OC)cc1. The predicted molar refractivity (Wildman–Crippen MR) is 76.3 cm³/mol. The highest BCUT2D eigenvalue weighted by Gasteiger charge is 2.24. The van der Waals surface area contributed by atoms with Gasteiger partial charge in [-0.25, -0.2) is 0 Å². The van der Waals surface area contributed by atoms with Gasteiger partial charge in [-0.3, -0.25) is 4.79 Å². The number of ether oxygens (including phenoxy) is 1. The Hall–Kier alpha value is -1.55. The lowest BCUT2D eigenvalue weighted by molar-refractivity contribution is -0.123. The molecule has 1 amide bonds. The van der Waals surface area contributed by atoms with Gasteiger partial charge in [-0.1, -0.05) is 20.3 Å². The van der Waals surface area contributed by atoms with Crippen LogP contribution in [0.3, 0.4) is 0 Å². The summed E-state index contributed by atoms with van der Waals surface area (Å²) >= 11 is 0. The average molecular weight is 265 g/mol. The van der Waals surface area contributed by atoms with Crippen molar-refractivity contribution in [2.24, 2.45) is 5.92 Å². The van der Waals surface area contributed by atoms with Gasteiger partial charge < -0.3 is 15.2 Å². The van der Waals surface area contributed by atoms with E-state index < -0.39 is 6.10 Å². The summed E-state index contributed by atoms with van der Waals surface area (Å²) in [4.78, 5) is 12.1. The Labute approximate surface area is 114 Å². The van der Waals surface area contributed by atoms with Crippen molar-refractivity contribution in [3.63, 3.8) is 0 Å². The Morgan fingerprint density at radius 2 is 1.95 bits per heavy atom. The van der Waals surface area contributed by atoms with E-state index in [9.17, 15) is 9.90 Å². The molecule has 0 aliphatic rings. The number of hydrogen-bond acceptors (Lipinski definition) is 3. The number of benzene rings is 1. The maximum absolute atomic E-state index is 12.1. The third-order valence-electron chi connectivity index (χ3n) is 3.18. The van der Waals surface area contributed by atoms with E-state index in [0.29, 0.717) is 18.5 Å². The summed E-state index contributed by atoms with van der Waals surface area (Å²) in [6.07, 6.45) is 1.57. The fourth-order valence-corrected chi connectivity index (χ4v) is 2.04. The molecular weight excluding hydrogens is 242 g/mol. The zero-order valence-electron chi connectivity index (χ0n) is 11.8. The van der Waals surface area contributed by atoms with Gasteiger partial charge in [0.15, 0.2) is 0 Å². The number of carbonyl (C=O) groups is 1.